The van der Waals surface area contributed by atoms with Crippen LogP contribution >= 0.6 is 0 Å². The molecule has 2 N–H and O–H groups in total. The molecule has 5 heteroatoms. The van der Waals surface area contributed by atoms with Gasteiger partial charge in [-0.1, -0.05) is 0 Å². The van der Waals surface area contributed by atoms with Gasteiger partial charge in [-0.2, -0.15) is 0 Å². The van der Waals surface area contributed by atoms with Crippen LogP contribution in [0.15, 0.2) is 0 Å². The van der Waals surface area contributed by atoms with E-state index in [4.69, 9.17) is 10.2 Å². The molecule has 0 aromatic heterocycles. The van der Waals surface area contributed by atoms with Gasteiger partial charge in [-0.25, -0.2) is 0 Å². The van der Waals surface area contributed by atoms with E-state index in [9.17, 15) is 10.1 Å². The molecule has 11 heavy (non-hydrogen) atoms. The molecular formula is C6H11NO4. The molecule has 1 fully saturated rings. The number of nitrogens with zero attached hydrogens (tertiary/aromatic N) is 1. The fourth-order valence-corrected chi connectivity index (χ4v) is 1.34. The Kier molecular flexibility index (Phi) is 2.41. The van der Waals surface area contributed by atoms with Gasteiger partial charge >= 0.3 is 0 Å². The largest absolute Gasteiger partial charge is 0.393 e. The Hall–Kier alpha value is -0.680. The lowest BCUT2D eigenvalue weighted by atomic mass is 9.91. The number of rotatable bonds is 1. The normalized spacial score (nSPS) is 38.5. The summed E-state index contributed by atoms with van der Waals surface area (Å²) in [5, 5.41) is 28.4. The second-order valence-corrected chi connectivity index (χ2v) is 2.89. The molecule has 3 unspecified atom stereocenters. The first kappa shape index (κ1) is 8.42. The summed E-state index contributed by atoms with van der Waals surface area (Å²) < 4.78 is 0. The van der Waals surface area contributed by atoms with Crippen molar-refractivity contribution < 1.29 is 15.1 Å². The maximum atomic E-state index is 10.2. The van der Waals surface area contributed by atoms with Gasteiger partial charge in [0.25, 0.3) is 0 Å². The second-order valence-electron chi connectivity index (χ2n) is 2.89. The quantitative estimate of drug-likeness (QED) is 0.402. The van der Waals surface area contributed by atoms with Crippen LogP contribution in [0.3, 0.4) is 0 Å². The first-order valence-electron chi connectivity index (χ1n) is 3.61. The van der Waals surface area contributed by atoms with E-state index in [1.807, 2.05) is 0 Å². The minimum absolute atomic E-state index is 0.0775. The van der Waals surface area contributed by atoms with E-state index >= 15 is 0 Å². The van der Waals surface area contributed by atoms with E-state index < -0.39 is 23.2 Å². The Bertz CT molecular complexity index is 161. The van der Waals surface area contributed by atoms with Crippen LogP contribution in [-0.4, -0.2) is 33.4 Å². The first-order chi connectivity index (χ1) is 5.11. The first-order valence-corrected chi connectivity index (χ1v) is 3.61. The number of hydrogen-bond donors (Lipinski definition) is 2. The highest BCUT2D eigenvalue weighted by atomic mass is 16.6. The van der Waals surface area contributed by atoms with Crippen LogP contribution in [0, 0.1) is 10.1 Å². The maximum absolute atomic E-state index is 10.2. The molecule has 5 nitrogen and oxygen atoms in total. The lowest BCUT2D eigenvalue weighted by molar-refractivity contribution is -0.539. The molecule has 0 spiro atoms. The predicted octanol–water partition coefficient (Wildman–Crippen LogP) is -0.463. The van der Waals surface area contributed by atoms with Crippen molar-refractivity contribution in [2.75, 3.05) is 0 Å². The minimum Gasteiger partial charge on any atom is -0.393 e. The van der Waals surface area contributed by atoms with E-state index in [0.29, 0.717) is 12.8 Å². The van der Waals surface area contributed by atoms with E-state index in [0.717, 1.165) is 0 Å². The van der Waals surface area contributed by atoms with E-state index in [1.165, 1.54) is 0 Å². The fourth-order valence-electron chi connectivity index (χ4n) is 1.34. The van der Waals surface area contributed by atoms with Crippen LogP contribution < -0.4 is 0 Å². The fraction of sp³-hybridized carbons (Fsp3) is 1.00. The average Bonchev–Trinajstić information content (AvgIpc) is 1.94. The second kappa shape index (κ2) is 3.15. The van der Waals surface area contributed by atoms with E-state index in [2.05, 4.69) is 0 Å². The minimum atomic E-state index is -0.973. The van der Waals surface area contributed by atoms with Gasteiger partial charge in [0.15, 0.2) is 0 Å². The molecule has 0 aromatic carbocycles. The zero-order valence-electron chi connectivity index (χ0n) is 6.01. The van der Waals surface area contributed by atoms with Crippen LogP contribution in [0.4, 0.5) is 0 Å². The van der Waals surface area contributed by atoms with Crippen molar-refractivity contribution >= 4 is 0 Å². The number of nitro groups is 1. The molecule has 1 rings (SSSR count). The Morgan fingerprint density at radius 3 is 2.45 bits per heavy atom. The van der Waals surface area contributed by atoms with E-state index in [1.54, 1.807) is 0 Å². The Morgan fingerprint density at radius 1 is 1.36 bits per heavy atom. The monoisotopic (exact) mass is 161 g/mol. The van der Waals surface area contributed by atoms with Gasteiger partial charge in [-0.3, -0.25) is 10.1 Å². The van der Waals surface area contributed by atoms with Gasteiger partial charge in [0.05, 0.1) is 6.10 Å². The van der Waals surface area contributed by atoms with Gasteiger partial charge in [-0.05, 0) is 12.8 Å². The molecule has 0 heterocycles. The summed E-state index contributed by atoms with van der Waals surface area (Å²) in [4.78, 5) is 9.72. The van der Waals surface area contributed by atoms with Crippen molar-refractivity contribution in [3.05, 3.63) is 10.1 Å². The maximum Gasteiger partial charge on any atom is 0.241 e. The highest BCUT2D eigenvalue weighted by Crippen LogP contribution is 2.20. The zero-order chi connectivity index (χ0) is 8.43. The molecule has 64 valence electrons. The summed E-state index contributed by atoms with van der Waals surface area (Å²) in [6, 6.07) is -0.973. The van der Waals surface area contributed by atoms with Crippen LogP contribution in [0.5, 0.6) is 0 Å². The molecule has 0 bridgehead atoms. The summed E-state index contributed by atoms with van der Waals surface area (Å²) in [6.45, 7) is 0. The van der Waals surface area contributed by atoms with Crippen LogP contribution in [0.25, 0.3) is 0 Å². The van der Waals surface area contributed by atoms with Gasteiger partial charge in [0, 0.05) is 11.3 Å². The van der Waals surface area contributed by atoms with Crippen LogP contribution in [-0.2, 0) is 0 Å². The van der Waals surface area contributed by atoms with Crippen molar-refractivity contribution in [1.29, 1.82) is 0 Å². The molecule has 0 saturated heterocycles. The Balaban J connectivity index is 2.54. The molecule has 0 amide bonds. The van der Waals surface area contributed by atoms with Crippen molar-refractivity contribution in [2.45, 2.75) is 37.5 Å². The molecule has 0 aliphatic heterocycles. The predicted molar refractivity (Wildman–Crippen MR) is 36.6 cm³/mol. The van der Waals surface area contributed by atoms with Crippen LogP contribution in [0.1, 0.15) is 19.3 Å². The highest BCUT2D eigenvalue weighted by molar-refractivity contribution is 4.78. The molecule has 1 saturated carbocycles. The highest BCUT2D eigenvalue weighted by Gasteiger charge is 2.36. The number of aliphatic hydroxyl groups is 2. The average molecular weight is 161 g/mol. The third kappa shape index (κ3) is 1.87. The van der Waals surface area contributed by atoms with Crippen molar-refractivity contribution in [3.63, 3.8) is 0 Å². The summed E-state index contributed by atoms with van der Waals surface area (Å²) >= 11 is 0. The molecular weight excluding hydrogens is 150 g/mol. The summed E-state index contributed by atoms with van der Waals surface area (Å²) in [5.74, 6) is 0. The smallest absolute Gasteiger partial charge is 0.241 e. The molecule has 1 aliphatic rings. The number of hydrogen-bond acceptors (Lipinski definition) is 4. The summed E-state index contributed by atoms with van der Waals surface area (Å²) in [5.41, 5.74) is 0. The summed E-state index contributed by atoms with van der Waals surface area (Å²) in [6.07, 6.45) is -0.630. The van der Waals surface area contributed by atoms with Gasteiger partial charge in [0.2, 0.25) is 6.04 Å². The molecule has 3 atom stereocenters. The lowest BCUT2D eigenvalue weighted by Crippen LogP contribution is -2.41. The standard InChI is InChI=1S/C6H11NO4/c8-4-1-2-6(9)5(3-4)7(10)11/h4-6,8-9H,1-3H2. The van der Waals surface area contributed by atoms with E-state index in [-0.39, 0.29) is 6.42 Å². The molecule has 1 aliphatic carbocycles. The number of aliphatic hydroxyl groups excluding tert-OH is 2. The van der Waals surface area contributed by atoms with Gasteiger partial charge in [0.1, 0.15) is 6.10 Å². The van der Waals surface area contributed by atoms with Crippen molar-refractivity contribution in [3.8, 4) is 0 Å². The molecule has 0 radical (unpaired) electrons. The third-order valence-electron chi connectivity index (χ3n) is 2.02. The zero-order valence-corrected chi connectivity index (χ0v) is 6.01. The van der Waals surface area contributed by atoms with Crippen molar-refractivity contribution in [1.82, 2.24) is 0 Å². The van der Waals surface area contributed by atoms with Gasteiger partial charge < -0.3 is 10.2 Å². The lowest BCUT2D eigenvalue weighted by Gasteiger charge is -2.24. The van der Waals surface area contributed by atoms with Crippen molar-refractivity contribution in [2.24, 2.45) is 0 Å². The van der Waals surface area contributed by atoms with Crippen LogP contribution in [0.2, 0.25) is 0 Å². The Labute approximate surface area is 63.8 Å². The third-order valence-corrected chi connectivity index (χ3v) is 2.02. The summed E-state index contributed by atoms with van der Waals surface area (Å²) in [7, 11) is 0. The van der Waals surface area contributed by atoms with Gasteiger partial charge in [-0.15, -0.1) is 0 Å². The molecule has 0 aromatic rings. The Morgan fingerprint density at radius 2 is 2.00 bits per heavy atom. The topological polar surface area (TPSA) is 83.6 Å². The SMILES string of the molecule is O=[N+]([O-])C1CC(O)CCC1O.